The Bertz CT molecular complexity index is 3160. The number of likely N-dealkylation sites (tertiary alicyclic amines) is 2. The first-order valence-corrected chi connectivity index (χ1v) is 31.6. The molecule has 3 amide bonds. The molecule has 2 aromatic heterocycles. The number of hydrogen-bond donors (Lipinski definition) is 2. The van der Waals surface area contributed by atoms with E-state index in [1.165, 1.54) is 0 Å². The fourth-order valence-corrected chi connectivity index (χ4v) is 15.0. The number of benzene rings is 2. The average molecular weight is 1210 g/mol. The number of carbonyl (C=O) groups is 6. The second-order valence-corrected chi connectivity index (χ2v) is 26.4. The predicted octanol–water partition coefficient (Wildman–Crippen LogP) is 7.36. The van der Waals surface area contributed by atoms with Gasteiger partial charge in [0.05, 0.1) is 12.2 Å². The monoisotopic (exact) mass is 1210 g/mol. The van der Waals surface area contributed by atoms with Crippen LogP contribution in [-0.4, -0.2) is 194 Å². The SMILES string of the molecule is CC(C)=CC1CN(C(C=O)(NC(=O)c2ccc(-c3nc(N4CCN(C)CC4)sc3F)cc2)C2CCCC2)C2C(=O)COC12.CCC(C)C(NC(=O)c1ccc(-c2nc(N3CCN(C)CC3)sc2F)cc1)C(=O)N1CC(C=C(C)C)C2OCC(=O)C21. The zero-order chi connectivity index (χ0) is 60.4. The van der Waals surface area contributed by atoms with Crippen molar-refractivity contribution in [3.63, 3.8) is 0 Å². The second-order valence-electron chi connectivity index (χ2n) is 24.5. The first-order chi connectivity index (χ1) is 40.8. The molecule has 1 aliphatic carbocycles. The third-order valence-electron chi connectivity index (χ3n) is 18.1. The molecule has 9 unspecified atom stereocenters. The molecule has 2 N–H and O–H groups in total. The number of ether oxygens (including phenoxy) is 2. The minimum Gasteiger partial charge on any atom is -0.368 e. The van der Waals surface area contributed by atoms with Crippen molar-refractivity contribution >= 4 is 68.5 Å². The van der Waals surface area contributed by atoms with Gasteiger partial charge in [-0.1, -0.05) is 103 Å². The Kier molecular flexibility index (Phi) is 19.3. The molecule has 0 spiro atoms. The molecule has 6 saturated heterocycles. The van der Waals surface area contributed by atoms with Gasteiger partial charge < -0.3 is 44.6 Å². The van der Waals surface area contributed by atoms with Crippen LogP contribution in [0.5, 0.6) is 0 Å². The summed E-state index contributed by atoms with van der Waals surface area (Å²) >= 11 is 2.08. The number of thiazole rings is 2. The highest BCUT2D eigenvalue weighted by Gasteiger charge is 2.59. The normalized spacial score (nSPS) is 25.2. The number of fused-ring (bicyclic) bond motifs is 2. The summed E-state index contributed by atoms with van der Waals surface area (Å²) in [5.41, 5.74) is 3.30. The second kappa shape index (κ2) is 26.5. The van der Waals surface area contributed by atoms with Gasteiger partial charge in [-0.25, -0.2) is 9.97 Å². The van der Waals surface area contributed by atoms with Crippen molar-refractivity contribution in [3.8, 4) is 22.5 Å². The number of ketones is 2. The molecule has 7 aliphatic rings. The number of piperazine rings is 2. The van der Waals surface area contributed by atoms with Crippen LogP contribution in [0.1, 0.15) is 94.4 Å². The number of aromatic nitrogens is 2. The molecule has 0 radical (unpaired) electrons. The highest BCUT2D eigenvalue weighted by Crippen LogP contribution is 2.44. The fourth-order valence-electron chi connectivity index (χ4n) is 13.2. The van der Waals surface area contributed by atoms with Gasteiger partial charge in [-0.05, 0) is 84.8 Å². The molecule has 0 bridgehead atoms. The van der Waals surface area contributed by atoms with Gasteiger partial charge in [0.1, 0.15) is 42.7 Å². The van der Waals surface area contributed by atoms with Crippen LogP contribution in [0.3, 0.4) is 0 Å². The topological polar surface area (TPSA) is 190 Å². The van der Waals surface area contributed by atoms with E-state index < -0.39 is 35.6 Å². The number of aldehydes is 1. The van der Waals surface area contributed by atoms with Crippen LogP contribution in [-0.2, 0) is 28.7 Å². The molecule has 1 saturated carbocycles. The molecule has 18 nitrogen and oxygen atoms in total. The zero-order valence-corrected chi connectivity index (χ0v) is 51.6. The van der Waals surface area contributed by atoms with Crippen LogP contribution in [0.25, 0.3) is 22.5 Å². The smallest absolute Gasteiger partial charge is 0.253 e. The fraction of sp³-hybridized carbons (Fsp3) is 0.556. The summed E-state index contributed by atoms with van der Waals surface area (Å²) in [5.74, 6) is -1.64. The maximum absolute atomic E-state index is 15.0. The van der Waals surface area contributed by atoms with Crippen molar-refractivity contribution in [2.24, 2.45) is 23.7 Å². The van der Waals surface area contributed by atoms with Crippen molar-refractivity contribution < 1.29 is 47.0 Å². The maximum Gasteiger partial charge on any atom is 0.253 e. The Morgan fingerprint density at radius 2 is 1.15 bits per heavy atom. The van der Waals surface area contributed by atoms with Crippen LogP contribution in [0.2, 0.25) is 0 Å². The number of nitrogens with zero attached hydrogens (tertiary/aromatic N) is 8. The lowest BCUT2D eigenvalue weighted by atomic mass is 9.88. The van der Waals surface area contributed by atoms with Gasteiger partial charge in [-0.15, -0.1) is 0 Å². The van der Waals surface area contributed by atoms with Crippen LogP contribution in [0, 0.1) is 33.9 Å². The number of nitrogens with one attached hydrogen (secondary N) is 2. The molecule has 456 valence electrons. The number of likely N-dealkylation sites (N-methyl/N-ethyl adjacent to an activating group) is 2. The molecule has 4 aromatic rings. The van der Waals surface area contributed by atoms with Gasteiger partial charge in [0.25, 0.3) is 11.8 Å². The van der Waals surface area contributed by atoms with Crippen molar-refractivity contribution in [1.29, 1.82) is 0 Å². The molecule has 9 atom stereocenters. The number of Topliss-reactive ketones (excluding diaryl/α,β-unsaturated/α-hetero) is 2. The Hall–Kier alpha value is -6.14. The molecule has 7 fully saturated rings. The van der Waals surface area contributed by atoms with E-state index in [2.05, 4.69) is 66.4 Å². The number of halogens is 2. The lowest BCUT2D eigenvalue weighted by Gasteiger charge is -2.44. The average Bonchev–Trinajstić information content (AvgIpc) is 2.16. The third-order valence-corrected chi connectivity index (χ3v) is 19.9. The number of rotatable bonds is 16. The van der Waals surface area contributed by atoms with Gasteiger partial charge in [-0.2, -0.15) is 8.78 Å². The first-order valence-electron chi connectivity index (χ1n) is 29.9. The minimum absolute atomic E-state index is 0.00459. The Labute approximate surface area is 505 Å². The highest BCUT2D eigenvalue weighted by molar-refractivity contribution is 7.14. The lowest BCUT2D eigenvalue weighted by Crippen LogP contribution is -2.68. The standard InChI is InChI=1S/C32H40FN5O4S.C31H40FN5O4S/c1-20(2)16-23-17-38(27-25(40)18-42-28(23)27)32(19-39,24-6-4-5-7-24)35-30(41)22-10-8-21(9-11-22)26-29(33)43-31(34-26)37-14-12-36(3)13-15-37;1-6-19(4)24(30(40)37-16-22(15-18(2)3)27-26(37)23(38)17-41-27)33-29(39)21-9-7-20(8-10-21)25-28(32)42-31(34-25)36-13-11-35(5)12-14-36/h8-11,16,19,23-24,27-28H,4-7,12-15,17-18H2,1-3H3,(H,35,41);7-10,15,19,22,24,26-27H,6,11-14,16-17H2,1-5H3,(H,33,39). The molecule has 11 rings (SSSR count). The molecule has 8 heterocycles. The van der Waals surface area contributed by atoms with Crippen LogP contribution in [0.15, 0.2) is 71.8 Å². The number of allylic oxidation sites excluding steroid dienone is 2. The van der Waals surface area contributed by atoms with E-state index in [4.69, 9.17) is 9.47 Å². The van der Waals surface area contributed by atoms with Gasteiger partial charge in [-0.3, -0.25) is 33.7 Å². The molecule has 2 aromatic carbocycles. The summed E-state index contributed by atoms with van der Waals surface area (Å²) in [7, 11) is 4.14. The number of anilines is 2. The Balaban J connectivity index is 0.000000189. The van der Waals surface area contributed by atoms with E-state index in [0.29, 0.717) is 52.0 Å². The van der Waals surface area contributed by atoms with Gasteiger partial charge in [0, 0.05) is 105 Å². The summed E-state index contributed by atoms with van der Waals surface area (Å²) in [6.45, 7) is 19.5. The molecule has 85 heavy (non-hydrogen) atoms. The van der Waals surface area contributed by atoms with Crippen molar-refractivity contribution in [2.75, 3.05) is 103 Å². The Morgan fingerprint density at radius 1 is 0.694 bits per heavy atom. The van der Waals surface area contributed by atoms with Gasteiger partial charge in [0.2, 0.25) is 16.2 Å². The van der Waals surface area contributed by atoms with Crippen LogP contribution in [0.4, 0.5) is 19.0 Å². The van der Waals surface area contributed by atoms with E-state index >= 15 is 4.39 Å². The summed E-state index contributed by atoms with van der Waals surface area (Å²) in [6.07, 6.45) is 8.46. The van der Waals surface area contributed by atoms with Crippen molar-refractivity contribution in [2.45, 2.75) is 110 Å². The van der Waals surface area contributed by atoms with Crippen molar-refractivity contribution in [3.05, 3.63) is 93.2 Å². The summed E-state index contributed by atoms with van der Waals surface area (Å²) in [4.78, 5) is 101. The van der Waals surface area contributed by atoms with Gasteiger partial charge in [0.15, 0.2) is 33.8 Å². The quantitative estimate of drug-likeness (QED) is 0.0836. The number of amides is 3. The van der Waals surface area contributed by atoms with E-state index in [9.17, 15) is 33.2 Å². The lowest BCUT2D eigenvalue weighted by molar-refractivity contribution is -0.139. The van der Waals surface area contributed by atoms with Crippen LogP contribution < -0.4 is 20.4 Å². The van der Waals surface area contributed by atoms with Crippen molar-refractivity contribution in [1.82, 2.24) is 40.2 Å². The number of hydrogen-bond acceptors (Lipinski definition) is 17. The first kappa shape index (κ1) is 61.9. The summed E-state index contributed by atoms with van der Waals surface area (Å²) in [5, 5.41) is 6.65. The van der Waals surface area contributed by atoms with E-state index in [0.717, 1.165) is 118 Å². The summed E-state index contributed by atoms with van der Waals surface area (Å²) < 4.78 is 41.6. The minimum atomic E-state index is -1.33. The van der Waals surface area contributed by atoms with E-state index in [1.54, 1.807) is 53.4 Å². The number of carbonyl (C=O) groups excluding carboxylic acids is 6. The van der Waals surface area contributed by atoms with E-state index in [-0.39, 0.29) is 88.2 Å². The van der Waals surface area contributed by atoms with Crippen LogP contribution >= 0.6 is 22.7 Å². The molecular formula is C63H80F2N10O8S2. The molecular weight excluding hydrogens is 1130 g/mol. The Morgan fingerprint density at radius 3 is 1.62 bits per heavy atom. The molecule has 6 aliphatic heterocycles. The van der Waals surface area contributed by atoms with Gasteiger partial charge >= 0.3 is 0 Å². The largest absolute Gasteiger partial charge is 0.368 e. The molecule has 22 heteroatoms. The highest BCUT2D eigenvalue weighted by atomic mass is 32.1. The maximum atomic E-state index is 15.0. The van der Waals surface area contributed by atoms with E-state index in [1.807, 2.05) is 46.4 Å². The summed E-state index contributed by atoms with van der Waals surface area (Å²) in [6, 6.07) is 11.3. The zero-order valence-electron chi connectivity index (χ0n) is 50.0. The third kappa shape index (κ3) is 13.1. The predicted molar refractivity (Wildman–Crippen MR) is 325 cm³/mol.